The van der Waals surface area contributed by atoms with Crippen LogP contribution in [0.4, 0.5) is 0 Å². The van der Waals surface area contributed by atoms with E-state index >= 15 is 0 Å². The molecule has 0 fully saturated rings. The Kier molecular flexibility index (Phi) is 2.17. The minimum absolute atomic E-state index is 1.01. The van der Waals surface area contributed by atoms with Crippen molar-refractivity contribution in [3.05, 3.63) is 35.8 Å². The summed E-state index contributed by atoms with van der Waals surface area (Å²) >= 11 is 4.57. The number of hydrogen-bond donors (Lipinski definition) is 0. The van der Waals surface area contributed by atoms with E-state index in [2.05, 4.69) is 46.6 Å². The number of rotatable bonds is 0. The summed E-state index contributed by atoms with van der Waals surface area (Å²) in [5, 5.41) is 0. The van der Waals surface area contributed by atoms with Crippen LogP contribution in [0.5, 0.6) is 0 Å². The van der Waals surface area contributed by atoms with Crippen LogP contribution in [0.3, 0.4) is 0 Å². The first-order valence-corrected chi connectivity index (χ1v) is 6.31. The maximum absolute atomic E-state index is 4.46. The lowest BCUT2D eigenvalue weighted by atomic mass is 10.1. The van der Waals surface area contributed by atoms with Gasteiger partial charge in [0.05, 0.1) is 12.0 Å². The molecule has 0 saturated heterocycles. The first-order chi connectivity index (χ1) is 7.25. The second kappa shape index (κ2) is 3.41. The SMILES string of the molecule is Cc1ccc2c(c1)SCc1c-2nc[n]1[Al]. The molecule has 2 nitrogen and oxygen atoms in total. The van der Waals surface area contributed by atoms with Crippen LogP contribution in [-0.4, -0.2) is 25.0 Å². The number of hydrogen-bond acceptors (Lipinski definition) is 2. The van der Waals surface area contributed by atoms with Crippen molar-refractivity contribution in [1.29, 1.82) is 0 Å². The van der Waals surface area contributed by atoms with Crippen LogP contribution in [0.1, 0.15) is 11.3 Å². The molecule has 0 aliphatic carbocycles. The lowest BCUT2D eigenvalue weighted by Gasteiger charge is -2.17. The monoisotopic (exact) mass is 228 g/mol. The van der Waals surface area contributed by atoms with Gasteiger partial charge in [-0.2, -0.15) is 0 Å². The smallest absolute Gasteiger partial charge is 0.319 e. The summed E-state index contributed by atoms with van der Waals surface area (Å²) in [7, 11) is 0. The molecule has 0 atom stereocenters. The van der Waals surface area contributed by atoms with E-state index in [-0.39, 0.29) is 0 Å². The maximum atomic E-state index is 4.46. The normalized spacial score (nSPS) is 13.4. The van der Waals surface area contributed by atoms with E-state index in [0.29, 0.717) is 0 Å². The standard InChI is InChI=1S/C11H9N2S.Al/c1-7-2-3-8-10(4-7)14-5-9-11(8)13-6-12-9;/h2-4,6H,5H2,1H3;/q-1;+1. The highest BCUT2D eigenvalue weighted by molar-refractivity contribution is 7.98. The Morgan fingerprint density at radius 2 is 2.33 bits per heavy atom. The Bertz CT molecular complexity index is 533. The molecule has 1 aliphatic heterocycles. The number of nitrogens with zero attached hydrogens (tertiary/aromatic N) is 2. The third kappa shape index (κ3) is 1.45. The summed E-state index contributed by atoms with van der Waals surface area (Å²) in [4.78, 5) is 5.81. The zero-order chi connectivity index (χ0) is 10.4. The molecule has 4 heteroatoms. The van der Waals surface area contributed by atoms with Gasteiger partial charge in [0.2, 0.25) is 0 Å². The minimum Gasteiger partial charge on any atom is -0.445 e. The first kappa shape index (κ1) is 9.53. The Balaban J connectivity index is 2.26. The quantitative estimate of drug-likeness (QED) is 0.644. The fourth-order valence-electron chi connectivity index (χ4n) is 1.85. The second-order valence-electron chi connectivity index (χ2n) is 3.74. The van der Waals surface area contributed by atoms with Crippen molar-refractivity contribution >= 4 is 28.3 Å². The van der Waals surface area contributed by atoms with Gasteiger partial charge in [-0.1, -0.05) is 12.1 Å². The van der Waals surface area contributed by atoms with E-state index in [1.54, 1.807) is 0 Å². The molecule has 0 saturated carbocycles. The largest absolute Gasteiger partial charge is 0.445 e. The van der Waals surface area contributed by atoms with Crippen molar-refractivity contribution in [2.75, 3.05) is 0 Å². The van der Waals surface area contributed by atoms with Gasteiger partial charge in [0, 0.05) is 21.9 Å². The number of thioether (sulfide) groups is 1. The number of aromatic nitrogens is 2. The van der Waals surface area contributed by atoms with E-state index in [1.165, 1.54) is 21.7 Å². The van der Waals surface area contributed by atoms with Gasteiger partial charge < -0.3 is 3.55 Å². The van der Waals surface area contributed by atoms with Crippen LogP contribution in [0.25, 0.3) is 11.3 Å². The Morgan fingerprint density at radius 3 is 3.20 bits per heavy atom. The van der Waals surface area contributed by atoms with Crippen molar-refractivity contribution < 1.29 is 0 Å². The number of imidazole rings is 1. The zero-order valence-corrected chi connectivity index (χ0v) is 10.4. The predicted molar refractivity (Wildman–Crippen MR) is 63.1 cm³/mol. The van der Waals surface area contributed by atoms with Crippen molar-refractivity contribution in [3.63, 3.8) is 0 Å². The van der Waals surface area contributed by atoms with Gasteiger partial charge in [0.25, 0.3) is 0 Å². The number of fused-ring (bicyclic) bond motifs is 3. The highest BCUT2D eigenvalue weighted by Gasteiger charge is 2.19. The molecule has 1 aliphatic rings. The van der Waals surface area contributed by atoms with Crippen LogP contribution in [0, 0.1) is 6.92 Å². The van der Waals surface area contributed by atoms with E-state index in [1.807, 2.05) is 21.6 Å². The van der Waals surface area contributed by atoms with E-state index in [9.17, 15) is 0 Å². The average Bonchev–Trinajstić information content (AvgIpc) is 2.60. The van der Waals surface area contributed by atoms with Gasteiger partial charge in [-0.25, -0.2) is 4.98 Å². The van der Waals surface area contributed by atoms with Crippen LogP contribution >= 0.6 is 11.8 Å². The molecule has 0 unspecified atom stereocenters. The molecule has 2 heterocycles. The van der Waals surface area contributed by atoms with Crippen molar-refractivity contribution in [3.8, 4) is 11.3 Å². The summed E-state index contributed by atoms with van der Waals surface area (Å²) < 4.78 is 2.03. The van der Waals surface area contributed by atoms with Crippen molar-refractivity contribution in [2.45, 2.75) is 17.6 Å². The Hall–Kier alpha value is -0.688. The molecule has 1 aromatic carbocycles. The van der Waals surface area contributed by atoms with Gasteiger partial charge >= 0.3 is 16.5 Å². The highest BCUT2D eigenvalue weighted by Crippen LogP contribution is 2.40. The summed E-state index contributed by atoms with van der Waals surface area (Å²) in [5.41, 5.74) is 5.02. The summed E-state index contributed by atoms with van der Waals surface area (Å²) in [5.74, 6) is 1.01. The summed E-state index contributed by atoms with van der Waals surface area (Å²) in [6.45, 7) is 2.13. The first-order valence-electron chi connectivity index (χ1n) is 4.81. The zero-order valence-electron chi connectivity index (χ0n) is 8.40. The summed E-state index contributed by atoms with van der Waals surface area (Å²) in [6.07, 6.45) is 1.87. The van der Waals surface area contributed by atoms with Crippen LogP contribution in [0.15, 0.2) is 29.4 Å². The van der Waals surface area contributed by atoms with E-state index < -0.39 is 0 Å². The molecule has 0 N–H and O–H groups in total. The third-order valence-corrected chi connectivity index (χ3v) is 4.16. The molecule has 0 amide bonds. The molecule has 72 valence electrons. The van der Waals surface area contributed by atoms with Crippen LogP contribution in [0.2, 0.25) is 0 Å². The maximum Gasteiger partial charge on any atom is 0.319 e. The molecule has 0 bridgehead atoms. The third-order valence-electron chi connectivity index (χ3n) is 2.65. The van der Waals surface area contributed by atoms with Gasteiger partial charge in [-0.3, -0.25) is 0 Å². The topological polar surface area (TPSA) is 17.8 Å². The lowest BCUT2D eigenvalue weighted by Crippen LogP contribution is -2.01. The number of aryl methyl sites for hydroxylation is 1. The van der Waals surface area contributed by atoms with E-state index in [0.717, 1.165) is 11.4 Å². The van der Waals surface area contributed by atoms with Crippen molar-refractivity contribution in [2.24, 2.45) is 0 Å². The Labute approximate surface area is 101 Å². The minimum atomic E-state index is 1.01. The van der Waals surface area contributed by atoms with Crippen LogP contribution < -0.4 is 0 Å². The van der Waals surface area contributed by atoms with E-state index in [4.69, 9.17) is 0 Å². The van der Waals surface area contributed by atoms with Gasteiger partial charge in [0.1, 0.15) is 0 Å². The molecular formula is C11H9AlN2S. The molecule has 0 spiro atoms. The van der Waals surface area contributed by atoms with Gasteiger partial charge in [-0.15, -0.1) is 11.8 Å². The molecule has 3 rings (SSSR count). The molecule has 2 radical (unpaired) electrons. The summed E-state index contributed by atoms with van der Waals surface area (Å²) in [6, 6.07) is 6.56. The second-order valence-corrected chi connectivity index (χ2v) is 5.31. The Morgan fingerprint density at radius 1 is 1.47 bits per heavy atom. The lowest BCUT2D eigenvalue weighted by molar-refractivity contribution is 1.12. The van der Waals surface area contributed by atoms with Gasteiger partial charge in [-0.05, 0) is 18.6 Å². The fraction of sp³-hybridized carbons (Fsp3) is 0.182. The molecule has 15 heavy (non-hydrogen) atoms. The van der Waals surface area contributed by atoms with Crippen LogP contribution in [-0.2, 0) is 5.75 Å². The predicted octanol–water partition coefficient (Wildman–Crippen LogP) is 2.40. The fourth-order valence-corrected chi connectivity index (χ4v) is 3.43. The molecule has 1 aromatic heterocycles. The van der Waals surface area contributed by atoms with Gasteiger partial charge in [0.15, 0.2) is 0 Å². The molecular weight excluding hydrogens is 219 g/mol. The average molecular weight is 228 g/mol. The molecule has 2 aromatic rings. The highest BCUT2D eigenvalue weighted by atomic mass is 32.2. The number of benzene rings is 1. The van der Waals surface area contributed by atoms with Crippen molar-refractivity contribution in [1.82, 2.24) is 8.53 Å².